The average molecular weight is 266 g/mol. The van der Waals surface area contributed by atoms with Gasteiger partial charge in [-0.05, 0) is 68.2 Å². The number of nitrogens with two attached hydrogens (primary N) is 1. The van der Waals surface area contributed by atoms with Crippen molar-refractivity contribution in [2.24, 2.45) is 5.92 Å². The van der Waals surface area contributed by atoms with Gasteiger partial charge in [-0.1, -0.05) is 6.07 Å². The van der Waals surface area contributed by atoms with Crippen LogP contribution in [-0.2, 0) is 0 Å². The molecule has 1 saturated carbocycles. The molecule has 1 aliphatic carbocycles. The van der Waals surface area contributed by atoms with Crippen LogP contribution in [0.2, 0.25) is 0 Å². The molecule has 0 bridgehead atoms. The second-order valence-corrected chi connectivity index (χ2v) is 5.37. The minimum atomic E-state index is -0.913. The molecule has 0 spiro atoms. The molecular weight excluding hydrogens is 246 g/mol. The molecule has 2 rings (SSSR count). The summed E-state index contributed by atoms with van der Waals surface area (Å²) in [6.07, 6.45) is 7.15. The van der Waals surface area contributed by atoms with Gasteiger partial charge in [0.2, 0.25) is 0 Å². The Morgan fingerprint density at radius 2 is 1.84 bits per heavy atom. The largest absolute Gasteiger partial charge is 0.396 e. The van der Waals surface area contributed by atoms with E-state index in [0.717, 1.165) is 38.5 Å². The third-order valence-corrected chi connectivity index (χ3v) is 4.15. The minimum Gasteiger partial charge on any atom is -0.396 e. The molecule has 1 fully saturated rings. The van der Waals surface area contributed by atoms with Crippen molar-refractivity contribution in [1.82, 2.24) is 0 Å². The highest BCUT2D eigenvalue weighted by Crippen LogP contribution is 2.39. The highest BCUT2D eigenvalue weighted by Gasteiger charge is 2.25. The third kappa shape index (κ3) is 3.11. The monoisotopic (exact) mass is 266 g/mol. The van der Waals surface area contributed by atoms with Crippen molar-refractivity contribution in [2.75, 3.05) is 5.73 Å². The van der Waals surface area contributed by atoms with Crippen LogP contribution in [0.5, 0.6) is 0 Å². The maximum Gasteiger partial charge on any atom is 0.181 e. The number of anilines is 1. The molecule has 1 aromatic rings. The quantitative estimate of drug-likeness (QED) is 0.621. The van der Waals surface area contributed by atoms with Gasteiger partial charge in [-0.2, -0.15) is 0 Å². The number of nitrogen functional groups attached to an aromatic ring is 1. The molecule has 0 heterocycles. The molecular formula is C15H20F2N2. The minimum absolute atomic E-state index is 0.103. The molecule has 3 N–H and O–H groups in total. The lowest BCUT2D eigenvalue weighted by atomic mass is 9.77. The lowest BCUT2D eigenvalue weighted by Crippen LogP contribution is -2.15. The summed E-state index contributed by atoms with van der Waals surface area (Å²) in [7, 11) is 0. The Labute approximate surface area is 112 Å². The van der Waals surface area contributed by atoms with Crippen LogP contribution >= 0.6 is 0 Å². The average Bonchev–Trinajstić information content (AvgIpc) is 2.44. The summed E-state index contributed by atoms with van der Waals surface area (Å²) in [6, 6.07) is 3.07. The van der Waals surface area contributed by atoms with E-state index in [4.69, 9.17) is 11.1 Å². The highest BCUT2D eigenvalue weighted by molar-refractivity contribution is 5.52. The van der Waals surface area contributed by atoms with Gasteiger partial charge >= 0.3 is 0 Å². The molecule has 19 heavy (non-hydrogen) atoms. The Hall–Kier alpha value is -1.45. The van der Waals surface area contributed by atoms with Gasteiger partial charge in [-0.25, -0.2) is 8.78 Å². The van der Waals surface area contributed by atoms with Gasteiger partial charge < -0.3 is 11.1 Å². The van der Waals surface area contributed by atoms with Gasteiger partial charge in [0.1, 0.15) is 0 Å². The van der Waals surface area contributed by atoms with Crippen LogP contribution in [0.15, 0.2) is 12.1 Å². The van der Waals surface area contributed by atoms with E-state index < -0.39 is 11.6 Å². The molecule has 1 aromatic carbocycles. The Morgan fingerprint density at radius 3 is 2.47 bits per heavy atom. The summed E-state index contributed by atoms with van der Waals surface area (Å²) in [4.78, 5) is 0. The zero-order chi connectivity index (χ0) is 13.8. The molecule has 4 heteroatoms. The molecule has 1 aliphatic rings. The van der Waals surface area contributed by atoms with E-state index >= 15 is 0 Å². The molecule has 0 unspecified atom stereocenters. The predicted octanol–water partition coefficient (Wildman–Crippen LogP) is 4.25. The normalized spacial score (nSPS) is 23.3. The first-order valence-corrected chi connectivity index (χ1v) is 6.85. The van der Waals surface area contributed by atoms with E-state index in [0.29, 0.717) is 11.5 Å². The molecule has 104 valence electrons. The first-order chi connectivity index (χ1) is 9.13. The zero-order valence-corrected chi connectivity index (χ0v) is 11.0. The first kappa shape index (κ1) is 14.0. The zero-order valence-electron chi connectivity index (χ0n) is 11.0. The summed E-state index contributed by atoms with van der Waals surface area (Å²) in [6.45, 7) is 0. The van der Waals surface area contributed by atoms with Gasteiger partial charge in [0, 0.05) is 0 Å². The summed E-state index contributed by atoms with van der Waals surface area (Å²) in [5.74, 6) is -0.961. The molecule has 0 saturated heterocycles. The Balaban J connectivity index is 2.02. The fourth-order valence-corrected chi connectivity index (χ4v) is 2.98. The van der Waals surface area contributed by atoms with Crippen LogP contribution in [0.4, 0.5) is 14.5 Å². The molecule has 0 aromatic heterocycles. The van der Waals surface area contributed by atoms with Crippen molar-refractivity contribution in [2.45, 2.75) is 44.4 Å². The fourth-order valence-electron chi connectivity index (χ4n) is 2.98. The Bertz CT molecular complexity index is 452. The number of benzene rings is 1. The van der Waals surface area contributed by atoms with Gasteiger partial charge in [0.05, 0.1) is 5.69 Å². The SMILES string of the molecule is N=CCCC1CCC(c2ccc(N)c(F)c2F)CC1. The predicted molar refractivity (Wildman–Crippen MR) is 73.5 cm³/mol. The number of hydrogen-bond donors (Lipinski definition) is 2. The van der Waals surface area contributed by atoms with Crippen molar-refractivity contribution >= 4 is 11.9 Å². The van der Waals surface area contributed by atoms with Gasteiger partial charge in [-0.3, -0.25) is 0 Å². The summed E-state index contributed by atoms with van der Waals surface area (Å²) >= 11 is 0. The van der Waals surface area contributed by atoms with Crippen LogP contribution < -0.4 is 5.73 Å². The van der Waals surface area contributed by atoms with Gasteiger partial charge in [0.25, 0.3) is 0 Å². The van der Waals surface area contributed by atoms with Crippen LogP contribution in [0.25, 0.3) is 0 Å². The van der Waals surface area contributed by atoms with Crippen molar-refractivity contribution in [3.8, 4) is 0 Å². The lowest BCUT2D eigenvalue weighted by molar-refractivity contribution is 0.308. The van der Waals surface area contributed by atoms with Crippen LogP contribution in [0.3, 0.4) is 0 Å². The molecule has 2 nitrogen and oxygen atoms in total. The number of rotatable bonds is 4. The fraction of sp³-hybridized carbons (Fsp3) is 0.533. The standard InChI is InChI=1S/C15H20F2N2/c16-14-12(7-8-13(19)15(14)17)11-5-3-10(4-6-11)2-1-9-18/h7-11,18H,1-6,19H2. The van der Waals surface area contributed by atoms with Crippen molar-refractivity contribution in [3.05, 3.63) is 29.3 Å². The maximum absolute atomic E-state index is 13.9. The van der Waals surface area contributed by atoms with E-state index in [1.807, 2.05) is 0 Å². The lowest BCUT2D eigenvalue weighted by Gasteiger charge is -2.28. The second-order valence-electron chi connectivity index (χ2n) is 5.37. The number of nitrogens with one attached hydrogen (secondary N) is 1. The van der Waals surface area contributed by atoms with Crippen molar-refractivity contribution in [3.63, 3.8) is 0 Å². The van der Waals surface area contributed by atoms with Crippen LogP contribution in [-0.4, -0.2) is 6.21 Å². The Kier molecular flexibility index (Phi) is 4.51. The number of halogens is 2. The van der Waals surface area contributed by atoms with Gasteiger partial charge in [-0.15, -0.1) is 0 Å². The van der Waals surface area contributed by atoms with E-state index in [2.05, 4.69) is 0 Å². The smallest absolute Gasteiger partial charge is 0.181 e. The molecule has 0 amide bonds. The number of hydrogen-bond acceptors (Lipinski definition) is 2. The van der Waals surface area contributed by atoms with Crippen molar-refractivity contribution < 1.29 is 8.78 Å². The van der Waals surface area contributed by atoms with E-state index in [1.54, 1.807) is 6.07 Å². The first-order valence-electron chi connectivity index (χ1n) is 6.85. The van der Waals surface area contributed by atoms with E-state index in [1.165, 1.54) is 12.3 Å². The van der Waals surface area contributed by atoms with Crippen LogP contribution in [0.1, 0.15) is 50.0 Å². The third-order valence-electron chi connectivity index (χ3n) is 4.15. The topological polar surface area (TPSA) is 49.9 Å². The molecule has 0 atom stereocenters. The maximum atomic E-state index is 13.9. The van der Waals surface area contributed by atoms with Gasteiger partial charge in [0.15, 0.2) is 11.6 Å². The van der Waals surface area contributed by atoms with E-state index in [9.17, 15) is 8.78 Å². The second kappa shape index (κ2) is 6.13. The van der Waals surface area contributed by atoms with Crippen molar-refractivity contribution in [1.29, 1.82) is 5.41 Å². The highest BCUT2D eigenvalue weighted by atomic mass is 19.2. The summed E-state index contributed by atoms with van der Waals surface area (Å²) in [5.41, 5.74) is 5.71. The summed E-state index contributed by atoms with van der Waals surface area (Å²) in [5, 5.41) is 7.04. The molecule has 0 aliphatic heterocycles. The Morgan fingerprint density at radius 1 is 1.16 bits per heavy atom. The van der Waals surface area contributed by atoms with Crippen LogP contribution in [0, 0.1) is 23.0 Å². The van der Waals surface area contributed by atoms with E-state index in [-0.39, 0.29) is 11.6 Å². The molecule has 0 radical (unpaired) electrons. The summed E-state index contributed by atoms with van der Waals surface area (Å²) < 4.78 is 27.3.